The largest absolute Gasteiger partial charge is 0.420 e. The molecule has 0 N–H and O–H groups in total. The normalized spacial score (nSPS) is 17.6. The van der Waals surface area contributed by atoms with Gasteiger partial charge in [0.25, 0.3) is 0 Å². The maximum atomic E-state index is 13.5. The van der Waals surface area contributed by atoms with Crippen LogP contribution in [0.2, 0.25) is 0 Å². The van der Waals surface area contributed by atoms with Crippen LogP contribution in [0.3, 0.4) is 0 Å². The molecular formula is C23H21FN4O4. The summed E-state index contributed by atoms with van der Waals surface area (Å²) in [6.45, 7) is 2.68. The number of oxazole rings is 1. The van der Waals surface area contributed by atoms with Crippen LogP contribution in [0.1, 0.15) is 37.6 Å². The SMILES string of the molecule is CC(C(=O)N1CCCC(c2nc(-c3cccc(F)c3)no2)C1)n1c(=O)oc2ccccc21. The van der Waals surface area contributed by atoms with Crippen LogP contribution in [0.25, 0.3) is 22.5 Å². The van der Waals surface area contributed by atoms with E-state index in [2.05, 4.69) is 10.1 Å². The number of amides is 1. The van der Waals surface area contributed by atoms with Crippen LogP contribution >= 0.6 is 0 Å². The van der Waals surface area contributed by atoms with E-state index in [-0.39, 0.29) is 17.6 Å². The van der Waals surface area contributed by atoms with Gasteiger partial charge in [0, 0.05) is 18.7 Å². The molecule has 0 saturated carbocycles. The third kappa shape index (κ3) is 3.59. The lowest BCUT2D eigenvalue weighted by Gasteiger charge is -2.32. The lowest BCUT2D eigenvalue weighted by molar-refractivity contribution is -0.135. The molecule has 0 radical (unpaired) electrons. The van der Waals surface area contributed by atoms with E-state index in [4.69, 9.17) is 8.94 Å². The van der Waals surface area contributed by atoms with Crippen molar-refractivity contribution >= 4 is 17.0 Å². The van der Waals surface area contributed by atoms with Gasteiger partial charge in [0.2, 0.25) is 17.6 Å². The number of fused-ring (bicyclic) bond motifs is 1. The summed E-state index contributed by atoms with van der Waals surface area (Å²) in [5.74, 6) is -0.509. The van der Waals surface area contributed by atoms with Gasteiger partial charge in [-0.15, -0.1) is 0 Å². The molecule has 2 atom stereocenters. The van der Waals surface area contributed by atoms with E-state index >= 15 is 0 Å². The molecule has 3 heterocycles. The van der Waals surface area contributed by atoms with Crippen LogP contribution in [-0.2, 0) is 4.79 Å². The van der Waals surface area contributed by atoms with Crippen molar-refractivity contribution in [3.63, 3.8) is 0 Å². The summed E-state index contributed by atoms with van der Waals surface area (Å²) in [7, 11) is 0. The minimum absolute atomic E-state index is 0.132. The van der Waals surface area contributed by atoms with Crippen LogP contribution in [-0.4, -0.2) is 38.6 Å². The Hall–Kier alpha value is -3.75. The molecule has 1 amide bonds. The zero-order chi connectivity index (χ0) is 22.2. The fourth-order valence-corrected chi connectivity index (χ4v) is 4.25. The second-order valence-electron chi connectivity index (χ2n) is 7.97. The van der Waals surface area contributed by atoms with Crippen molar-refractivity contribution in [3.8, 4) is 11.4 Å². The van der Waals surface area contributed by atoms with Gasteiger partial charge >= 0.3 is 5.76 Å². The van der Waals surface area contributed by atoms with Crippen molar-refractivity contribution in [3.05, 3.63) is 70.8 Å². The molecule has 0 aliphatic carbocycles. The minimum Gasteiger partial charge on any atom is -0.408 e. The molecule has 4 aromatic rings. The Morgan fingerprint density at radius 1 is 1.22 bits per heavy atom. The molecule has 1 fully saturated rings. The summed E-state index contributed by atoms with van der Waals surface area (Å²) < 4.78 is 25.6. The average molecular weight is 436 g/mol. The van der Waals surface area contributed by atoms with Crippen LogP contribution in [0.4, 0.5) is 4.39 Å². The first-order valence-corrected chi connectivity index (χ1v) is 10.5. The Morgan fingerprint density at radius 3 is 2.91 bits per heavy atom. The summed E-state index contributed by atoms with van der Waals surface area (Å²) in [5.41, 5.74) is 1.57. The number of benzene rings is 2. The summed E-state index contributed by atoms with van der Waals surface area (Å²) in [4.78, 5) is 31.8. The quantitative estimate of drug-likeness (QED) is 0.484. The van der Waals surface area contributed by atoms with Gasteiger partial charge in [0.1, 0.15) is 11.9 Å². The monoisotopic (exact) mass is 436 g/mol. The number of hydrogen-bond acceptors (Lipinski definition) is 6. The Labute approximate surface area is 182 Å². The number of para-hydroxylation sites is 2. The molecule has 5 rings (SSSR count). The highest BCUT2D eigenvalue weighted by molar-refractivity contribution is 5.83. The molecule has 164 valence electrons. The summed E-state index contributed by atoms with van der Waals surface area (Å²) in [6.07, 6.45) is 1.55. The third-order valence-electron chi connectivity index (χ3n) is 5.87. The van der Waals surface area contributed by atoms with Crippen LogP contribution in [0.5, 0.6) is 0 Å². The lowest BCUT2D eigenvalue weighted by Crippen LogP contribution is -2.43. The topological polar surface area (TPSA) is 94.4 Å². The van der Waals surface area contributed by atoms with E-state index in [1.165, 1.54) is 16.7 Å². The van der Waals surface area contributed by atoms with Gasteiger partial charge in [0.15, 0.2) is 5.58 Å². The van der Waals surface area contributed by atoms with Crippen molar-refractivity contribution in [2.75, 3.05) is 13.1 Å². The molecule has 1 aliphatic rings. The maximum Gasteiger partial charge on any atom is 0.420 e. The summed E-state index contributed by atoms with van der Waals surface area (Å²) in [5, 5.41) is 3.98. The Kier molecular flexibility index (Phi) is 5.08. The van der Waals surface area contributed by atoms with Crippen molar-refractivity contribution in [2.24, 2.45) is 0 Å². The van der Waals surface area contributed by atoms with Crippen molar-refractivity contribution in [2.45, 2.75) is 31.7 Å². The predicted octanol–water partition coefficient (Wildman–Crippen LogP) is 3.75. The van der Waals surface area contributed by atoms with Gasteiger partial charge < -0.3 is 13.8 Å². The number of likely N-dealkylation sites (tertiary alicyclic amines) is 1. The van der Waals surface area contributed by atoms with Crippen molar-refractivity contribution < 1.29 is 18.1 Å². The number of carbonyl (C=O) groups excluding carboxylic acids is 1. The van der Waals surface area contributed by atoms with E-state index in [0.717, 1.165) is 12.8 Å². The highest BCUT2D eigenvalue weighted by atomic mass is 19.1. The van der Waals surface area contributed by atoms with E-state index in [1.54, 1.807) is 48.2 Å². The molecule has 0 bridgehead atoms. The van der Waals surface area contributed by atoms with Gasteiger partial charge in [-0.25, -0.2) is 9.18 Å². The fourth-order valence-electron chi connectivity index (χ4n) is 4.25. The molecule has 1 aliphatic heterocycles. The zero-order valence-corrected chi connectivity index (χ0v) is 17.4. The van der Waals surface area contributed by atoms with Gasteiger partial charge in [-0.05, 0) is 44.0 Å². The Bertz CT molecular complexity index is 1340. The molecule has 8 nitrogen and oxygen atoms in total. The highest BCUT2D eigenvalue weighted by Gasteiger charge is 2.32. The predicted molar refractivity (Wildman–Crippen MR) is 113 cm³/mol. The Morgan fingerprint density at radius 2 is 2.06 bits per heavy atom. The number of rotatable bonds is 4. The van der Waals surface area contributed by atoms with Crippen molar-refractivity contribution in [1.82, 2.24) is 19.6 Å². The van der Waals surface area contributed by atoms with Crippen molar-refractivity contribution in [1.29, 1.82) is 0 Å². The van der Waals surface area contributed by atoms with Gasteiger partial charge in [0.05, 0.1) is 11.4 Å². The number of hydrogen-bond donors (Lipinski definition) is 0. The summed E-state index contributed by atoms with van der Waals surface area (Å²) in [6, 6.07) is 12.3. The smallest absolute Gasteiger partial charge is 0.408 e. The fraction of sp³-hybridized carbons (Fsp3) is 0.304. The van der Waals surface area contributed by atoms with E-state index < -0.39 is 11.8 Å². The van der Waals surface area contributed by atoms with Gasteiger partial charge in [-0.3, -0.25) is 9.36 Å². The molecule has 2 aromatic carbocycles. The zero-order valence-electron chi connectivity index (χ0n) is 17.4. The number of aromatic nitrogens is 3. The van der Waals surface area contributed by atoms with Crippen LogP contribution < -0.4 is 5.76 Å². The number of carbonyl (C=O) groups is 1. The average Bonchev–Trinajstić information content (AvgIpc) is 3.42. The second kappa shape index (κ2) is 8.07. The van der Waals surface area contributed by atoms with E-state index in [0.29, 0.717) is 41.5 Å². The molecule has 0 spiro atoms. The highest BCUT2D eigenvalue weighted by Crippen LogP contribution is 2.29. The first kappa shape index (κ1) is 20.2. The molecular weight excluding hydrogens is 415 g/mol. The third-order valence-corrected chi connectivity index (χ3v) is 5.87. The molecule has 2 unspecified atom stereocenters. The standard InChI is InChI=1S/C23H21FN4O4/c1-14(28-18-9-2-3-10-19(18)31-23(28)30)22(29)27-11-5-7-16(13-27)21-25-20(26-32-21)15-6-4-8-17(24)12-15/h2-4,6,8-10,12,14,16H,5,7,11,13H2,1H3. The minimum atomic E-state index is -0.713. The number of nitrogens with zero attached hydrogens (tertiary/aromatic N) is 4. The van der Waals surface area contributed by atoms with E-state index in [9.17, 15) is 14.0 Å². The molecule has 1 saturated heterocycles. The lowest BCUT2D eigenvalue weighted by atomic mass is 9.97. The van der Waals surface area contributed by atoms with Crippen LogP contribution in [0, 0.1) is 5.82 Å². The molecule has 9 heteroatoms. The maximum absolute atomic E-state index is 13.5. The first-order valence-electron chi connectivity index (χ1n) is 10.5. The van der Waals surface area contributed by atoms with Gasteiger partial charge in [-0.1, -0.05) is 29.4 Å². The molecule has 32 heavy (non-hydrogen) atoms. The summed E-state index contributed by atoms with van der Waals surface area (Å²) >= 11 is 0. The molecule has 2 aromatic heterocycles. The number of halogens is 1. The first-order chi connectivity index (χ1) is 15.5. The van der Waals surface area contributed by atoms with Gasteiger partial charge in [-0.2, -0.15) is 4.98 Å². The Balaban J connectivity index is 1.35. The second-order valence-corrected chi connectivity index (χ2v) is 7.97. The number of piperidine rings is 1. The van der Waals surface area contributed by atoms with E-state index in [1.807, 2.05) is 0 Å². The van der Waals surface area contributed by atoms with Crippen LogP contribution in [0.15, 0.2) is 62.3 Å².